The van der Waals surface area contributed by atoms with Crippen LogP contribution in [0.4, 0.5) is 9.18 Å². The number of aliphatic hydroxyl groups is 1. The molecule has 1 aromatic carbocycles. The summed E-state index contributed by atoms with van der Waals surface area (Å²) < 4.78 is 19.6. The Bertz CT molecular complexity index is 1000. The van der Waals surface area contributed by atoms with Gasteiger partial charge in [0.2, 0.25) is 5.88 Å². The Balaban J connectivity index is 1.97. The number of fused-ring (bicyclic) bond motifs is 1. The van der Waals surface area contributed by atoms with Gasteiger partial charge in [0.15, 0.2) is 0 Å². The van der Waals surface area contributed by atoms with Crippen LogP contribution >= 0.6 is 0 Å². The van der Waals surface area contributed by atoms with Crippen LogP contribution in [0, 0.1) is 11.7 Å². The second-order valence-corrected chi connectivity index (χ2v) is 8.82. The lowest BCUT2D eigenvalue weighted by atomic mass is 9.99. The fourth-order valence-electron chi connectivity index (χ4n) is 3.84. The summed E-state index contributed by atoms with van der Waals surface area (Å²) in [6.07, 6.45) is 1.99. The average Bonchev–Trinajstić information content (AvgIpc) is 2.84. The van der Waals surface area contributed by atoms with E-state index in [9.17, 15) is 19.1 Å². The first-order chi connectivity index (χ1) is 16.2. The van der Waals surface area contributed by atoms with Gasteiger partial charge in [0.1, 0.15) is 17.5 Å². The normalized spacial score (nSPS) is 18.9. The van der Waals surface area contributed by atoms with Crippen LogP contribution in [0.25, 0.3) is 11.1 Å². The van der Waals surface area contributed by atoms with Crippen molar-refractivity contribution in [2.24, 2.45) is 5.92 Å². The smallest absolute Gasteiger partial charge is 0.317 e. The van der Waals surface area contributed by atoms with E-state index >= 15 is 0 Å². The zero-order chi connectivity index (χ0) is 24.8. The second-order valence-electron chi connectivity index (χ2n) is 8.82. The Labute approximate surface area is 199 Å². The highest BCUT2D eigenvalue weighted by molar-refractivity contribution is 5.98. The first kappa shape index (κ1) is 25.4. The fourth-order valence-corrected chi connectivity index (χ4v) is 3.84. The minimum atomic E-state index is -0.429. The topological polar surface area (TPSA) is 95.0 Å². The third kappa shape index (κ3) is 5.83. The zero-order valence-corrected chi connectivity index (χ0v) is 20.1. The minimum Gasteiger partial charge on any atom is -0.472 e. The molecular formula is C25H33FN4O4. The summed E-state index contributed by atoms with van der Waals surface area (Å²) in [5.41, 5.74) is 1.62. The Kier molecular flexibility index (Phi) is 8.44. The van der Waals surface area contributed by atoms with Crippen LogP contribution in [0.1, 0.15) is 37.6 Å². The molecule has 2 aromatic rings. The molecule has 9 heteroatoms. The number of pyridine rings is 1. The van der Waals surface area contributed by atoms with E-state index in [0.717, 1.165) is 6.42 Å². The van der Waals surface area contributed by atoms with E-state index in [0.29, 0.717) is 30.8 Å². The van der Waals surface area contributed by atoms with Crippen molar-refractivity contribution in [1.82, 2.24) is 20.1 Å². The lowest BCUT2D eigenvalue weighted by Gasteiger charge is -2.37. The zero-order valence-electron chi connectivity index (χ0n) is 20.1. The van der Waals surface area contributed by atoms with Gasteiger partial charge in [-0.15, -0.1) is 0 Å². The summed E-state index contributed by atoms with van der Waals surface area (Å²) in [5.74, 6) is -0.613. The number of rotatable bonds is 7. The van der Waals surface area contributed by atoms with Gasteiger partial charge in [0.25, 0.3) is 5.91 Å². The van der Waals surface area contributed by atoms with E-state index in [1.807, 2.05) is 13.8 Å². The van der Waals surface area contributed by atoms with Gasteiger partial charge in [-0.1, -0.05) is 26.0 Å². The third-order valence-corrected chi connectivity index (χ3v) is 6.03. The Hall–Kier alpha value is -3.20. The molecule has 0 saturated heterocycles. The number of likely N-dealkylation sites (N-methyl/N-ethyl adjacent to an activating group) is 1. The van der Waals surface area contributed by atoms with Gasteiger partial charge in [0, 0.05) is 37.8 Å². The van der Waals surface area contributed by atoms with Crippen molar-refractivity contribution in [1.29, 1.82) is 0 Å². The van der Waals surface area contributed by atoms with Gasteiger partial charge in [0.05, 0.1) is 19.2 Å². The maximum Gasteiger partial charge on any atom is 0.317 e. The number of carbonyl (C=O) groups excluding carboxylic acids is 2. The number of amides is 3. The summed E-state index contributed by atoms with van der Waals surface area (Å²) in [6.45, 7) is 6.74. The number of benzene rings is 1. The molecule has 1 aromatic heterocycles. The van der Waals surface area contributed by atoms with Crippen LogP contribution in [0.3, 0.4) is 0 Å². The minimum absolute atomic E-state index is 0.133. The lowest BCUT2D eigenvalue weighted by molar-refractivity contribution is 0.0352. The van der Waals surface area contributed by atoms with Crippen molar-refractivity contribution < 1.29 is 23.8 Å². The molecule has 0 radical (unpaired) electrons. The molecule has 3 amide bonds. The highest BCUT2D eigenvalue weighted by Crippen LogP contribution is 2.30. The van der Waals surface area contributed by atoms with Crippen LogP contribution in [-0.4, -0.2) is 77.3 Å². The van der Waals surface area contributed by atoms with Crippen molar-refractivity contribution in [3.05, 3.63) is 47.9 Å². The van der Waals surface area contributed by atoms with Gasteiger partial charge in [-0.2, -0.15) is 0 Å². The maximum absolute atomic E-state index is 13.5. The number of nitrogens with one attached hydrogen (secondary N) is 1. The number of aromatic nitrogens is 1. The monoisotopic (exact) mass is 472 g/mol. The number of urea groups is 1. The highest BCUT2D eigenvalue weighted by atomic mass is 19.1. The van der Waals surface area contributed by atoms with Crippen molar-refractivity contribution in [3.63, 3.8) is 0 Å². The molecule has 1 aliphatic rings. The number of hydrogen-bond acceptors (Lipinski definition) is 5. The second kappa shape index (κ2) is 11.3. The Morgan fingerprint density at radius 2 is 2.06 bits per heavy atom. The molecule has 2 N–H and O–H groups in total. The Morgan fingerprint density at radius 3 is 2.71 bits per heavy atom. The molecule has 2 heterocycles. The van der Waals surface area contributed by atoms with E-state index in [4.69, 9.17) is 4.74 Å². The summed E-state index contributed by atoms with van der Waals surface area (Å²) in [5, 5.41) is 12.6. The van der Waals surface area contributed by atoms with Crippen molar-refractivity contribution in [2.45, 2.75) is 39.3 Å². The molecule has 3 atom stereocenters. The summed E-state index contributed by atoms with van der Waals surface area (Å²) in [4.78, 5) is 33.5. The maximum atomic E-state index is 13.5. The van der Waals surface area contributed by atoms with Gasteiger partial charge >= 0.3 is 6.03 Å². The van der Waals surface area contributed by atoms with Crippen LogP contribution in [-0.2, 0) is 0 Å². The number of halogens is 1. The molecule has 1 aliphatic heterocycles. The Morgan fingerprint density at radius 1 is 1.35 bits per heavy atom. The van der Waals surface area contributed by atoms with Crippen LogP contribution in [0.2, 0.25) is 0 Å². The predicted molar refractivity (Wildman–Crippen MR) is 127 cm³/mol. The van der Waals surface area contributed by atoms with Crippen LogP contribution < -0.4 is 10.1 Å². The van der Waals surface area contributed by atoms with Crippen LogP contribution in [0.15, 0.2) is 36.5 Å². The molecule has 0 aliphatic carbocycles. The quantitative estimate of drug-likeness (QED) is 0.646. The van der Waals surface area contributed by atoms with E-state index in [1.54, 1.807) is 48.2 Å². The third-order valence-electron chi connectivity index (χ3n) is 6.03. The number of carbonyl (C=O) groups is 2. The number of nitrogens with zero attached hydrogens (tertiary/aromatic N) is 3. The molecular weight excluding hydrogens is 439 g/mol. The van der Waals surface area contributed by atoms with Gasteiger partial charge in [-0.3, -0.25) is 4.79 Å². The highest BCUT2D eigenvalue weighted by Gasteiger charge is 2.34. The molecule has 0 unspecified atom stereocenters. The summed E-state index contributed by atoms with van der Waals surface area (Å²) >= 11 is 0. The van der Waals surface area contributed by atoms with E-state index in [2.05, 4.69) is 10.3 Å². The number of hydrogen-bond donors (Lipinski definition) is 2. The molecule has 0 fully saturated rings. The first-order valence-electron chi connectivity index (χ1n) is 11.6. The van der Waals surface area contributed by atoms with Gasteiger partial charge in [-0.05, 0) is 37.1 Å². The van der Waals surface area contributed by atoms with E-state index < -0.39 is 12.1 Å². The average molecular weight is 473 g/mol. The molecule has 8 nitrogen and oxygen atoms in total. The molecule has 0 spiro atoms. The molecule has 184 valence electrons. The largest absolute Gasteiger partial charge is 0.472 e. The number of ether oxygens (including phenoxy) is 1. The first-order valence-corrected chi connectivity index (χ1v) is 11.6. The molecule has 34 heavy (non-hydrogen) atoms. The molecule has 3 rings (SSSR count). The van der Waals surface area contributed by atoms with Crippen molar-refractivity contribution in [3.8, 4) is 17.0 Å². The summed E-state index contributed by atoms with van der Waals surface area (Å²) in [6, 6.07) is 7.01. The standard InChI is InChI=1S/C25H33FN4O4/c1-5-10-27-25(33)29(4)14-22-16(2)13-30(17(3)15-31)24(32)21-11-19(12-28-23(21)34-22)18-6-8-20(26)9-7-18/h6-9,11-12,16-17,22,31H,5,10,13-15H2,1-4H3,(H,27,33)/t16-,17+,22+/m0/s1. The van der Waals surface area contributed by atoms with Crippen molar-refractivity contribution >= 4 is 11.9 Å². The van der Waals surface area contributed by atoms with Crippen molar-refractivity contribution in [2.75, 3.05) is 33.3 Å². The van der Waals surface area contributed by atoms with Crippen LogP contribution in [0.5, 0.6) is 5.88 Å². The van der Waals surface area contributed by atoms with E-state index in [-0.39, 0.29) is 41.7 Å². The summed E-state index contributed by atoms with van der Waals surface area (Å²) in [7, 11) is 1.70. The lowest BCUT2D eigenvalue weighted by Crippen LogP contribution is -2.51. The van der Waals surface area contributed by atoms with E-state index in [1.165, 1.54) is 12.1 Å². The van der Waals surface area contributed by atoms with Gasteiger partial charge in [-0.25, -0.2) is 14.2 Å². The predicted octanol–water partition coefficient (Wildman–Crippen LogP) is 3.16. The van der Waals surface area contributed by atoms with Gasteiger partial charge < -0.3 is 25.0 Å². The fraction of sp³-hybridized carbons (Fsp3) is 0.480. The molecule has 0 saturated carbocycles. The SMILES string of the molecule is CCCNC(=O)N(C)C[C@H]1Oc2ncc(-c3ccc(F)cc3)cc2C(=O)N([C@H](C)CO)C[C@@H]1C. The molecule has 0 bridgehead atoms. The number of aliphatic hydroxyl groups excluding tert-OH is 1.